The molecule has 4 rings (SSSR count). The highest BCUT2D eigenvalue weighted by molar-refractivity contribution is 6.08. The van der Waals surface area contributed by atoms with Crippen LogP contribution in [-0.2, 0) is 36.8 Å². The largest absolute Gasteiger partial charge is 0.454 e. The predicted octanol–water partition coefficient (Wildman–Crippen LogP) is 3.35. The Bertz CT molecular complexity index is 921. The fraction of sp³-hybridized carbons (Fsp3) is 0.615. The number of nitrogens with one attached hydrogen (secondary N) is 1. The van der Waals surface area contributed by atoms with Crippen molar-refractivity contribution in [2.24, 2.45) is 29.6 Å². The van der Waals surface area contributed by atoms with E-state index in [0.29, 0.717) is 0 Å². The van der Waals surface area contributed by atoms with Crippen molar-refractivity contribution in [3.63, 3.8) is 0 Å². The van der Waals surface area contributed by atoms with Crippen LogP contribution in [-0.4, -0.2) is 41.2 Å². The lowest BCUT2D eigenvalue weighted by Crippen LogP contribution is -2.50. The number of amides is 3. The van der Waals surface area contributed by atoms with Crippen LogP contribution in [0, 0.1) is 29.6 Å². The van der Waals surface area contributed by atoms with Crippen LogP contribution in [0.4, 0.5) is 5.69 Å². The molecule has 178 valence electrons. The van der Waals surface area contributed by atoms with Crippen molar-refractivity contribution in [1.29, 1.82) is 0 Å². The molecule has 3 amide bonds. The van der Waals surface area contributed by atoms with Gasteiger partial charge in [-0.1, -0.05) is 45.9 Å². The van der Waals surface area contributed by atoms with Gasteiger partial charge in [0.15, 0.2) is 6.61 Å². The minimum Gasteiger partial charge on any atom is -0.454 e. The van der Waals surface area contributed by atoms with Crippen molar-refractivity contribution in [3.05, 3.63) is 29.3 Å². The van der Waals surface area contributed by atoms with Gasteiger partial charge >= 0.3 is 5.97 Å². The van der Waals surface area contributed by atoms with Gasteiger partial charge in [0, 0.05) is 5.69 Å². The minimum absolute atomic E-state index is 0.234. The molecule has 0 unspecified atom stereocenters. The monoisotopic (exact) mass is 454 g/mol. The Labute approximate surface area is 195 Å². The Hall–Kier alpha value is -2.70. The van der Waals surface area contributed by atoms with Crippen molar-refractivity contribution < 1.29 is 23.9 Å². The third kappa shape index (κ3) is 4.06. The number of likely N-dealkylation sites (tertiary alicyclic amines) is 1. The number of benzene rings is 1. The minimum atomic E-state index is -1.00. The van der Waals surface area contributed by atoms with E-state index >= 15 is 0 Å². The van der Waals surface area contributed by atoms with Crippen molar-refractivity contribution >= 4 is 29.4 Å². The van der Waals surface area contributed by atoms with Gasteiger partial charge in [0.25, 0.3) is 5.91 Å². The fourth-order valence-corrected chi connectivity index (χ4v) is 6.18. The maximum Gasteiger partial charge on any atom is 0.330 e. The zero-order valence-electron chi connectivity index (χ0n) is 19.9. The third-order valence-electron chi connectivity index (χ3n) is 7.72. The van der Waals surface area contributed by atoms with E-state index in [9.17, 15) is 19.2 Å². The molecule has 1 aliphatic heterocycles. The molecule has 1 heterocycles. The standard InChI is InChI=1S/C26H34N2O5/c1-5-15-8-7-9-16(6-2)22(15)27-19(29)13-33-26(32)23(14(3)4)28-24(30)20-17-10-11-18(12-17)21(20)25(28)31/h7-9,14,17-18,20-21,23H,5-6,10-13H2,1-4H3,(H,27,29)/t17-,18-,20+,21+,23-/m0/s1. The van der Waals surface area contributed by atoms with Crippen molar-refractivity contribution in [2.75, 3.05) is 11.9 Å². The lowest BCUT2D eigenvalue weighted by atomic mass is 9.81. The molecule has 0 aromatic heterocycles. The molecule has 2 bridgehead atoms. The van der Waals surface area contributed by atoms with E-state index in [2.05, 4.69) is 5.32 Å². The quantitative estimate of drug-likeness (QED) is 0.480. The van der Waals surface area contributed by atoms with Crippen LogP contribution in [0.2, 0.25) is 0 Å². The number of rotatable bonds is 8. The molecule has 1 aromatic carbocycles. The Morgan fingerprint density at radius 2 is 1.58 bits per heavy atom. The molecule has 1 N–H and O–H groups in total. The second kappa shape index (κ2) is 9.27. The second-order valence-corrected chi connectivity index (χ2v) is 9.93. The number of anilines is 1. The Morgan fingerprint density at radius 3 is 2.06 bits per heavy atom. The number of carbonyl (C=O) groups excluding carboxylic acids is 4. The number of imide groups is 1. The highest BCUT2D eigenvalue weighted by Gasteiger charge is 2.62. The molecule has 3 fully saturated rings. The first kappa shape index (κ1) is 23.5. The molecule has 1 saturated heterocycles. The molecule has 3 aliphatic rings. The van der Waals surface area contributed by atoms with Gasteiger partial charge in [-0.25, -0.2) is 4.79 Å². The number of ether oxygens (including phenoxy) is 1. The predicted molar refractivity (Wildman–Crippen MR) is 123 cm³/mol. The molecule has 33 heavy (non-hydrogen) atoms. The van der Waals surface area contributed by atoms with E-state index in [-0.39, 0.29) is 41.4 Å². The van der Waals surface area contributed by atoms with Gasteiger partial charge in [0.2, 0.25) is 11.8 Å². The summed E-state index contributed by atoms with van der Waals surface area (Å²) in [5.74, 6) is -1.98. The lowest BCUT2D eigenvalue weighted by Gasteiger charge is -2.28. The summed E-state index contributed by atoms with van der Waals surface area (Å²) in [5, 5.41) is 2.88. The van der Waals surface area contributed by atoms with Crippen LogP contribution in [0.15, 0.2) is 18.2 Å². The number of aryl methyl sites for hydroxylation is 2. The average Bonchev–Trinajstić information content (AvgIpc) is 3.47. The number of carbonyl (C=O) groups is 4. The van der Waals surface area contributed by atoms with Gasteiger partial charge in [-0.15, -0.1) is 0 Å². The maximum atomic E-state index is 13.2. The number of para-hydroxylation sites is 1. The summed E-state index contributed by atoms with van der Waals surface area (Å²) in [7, 11) is 0. The van der Waals surface area contributed by atoms with Gasteiger partial charge in [0.05, 0.1) is 11.8 Å². The number of hydrogen-bond acceptors (Lipinski definition) is 5. The molecular weight excluding hydrogens is 420 g/mol. The molecule has 7 heteroatoms. The van der Waals surface area contributed by atoms with Crippen LogP contribution in [0.3, 0.4) is 0 Å². The van der Waals surface area contributed by atoms with Crippen LogP contribution in [0.1, 0.15) is 58.1 Å². The van der Waals surface area contributed by atoms with Crippen LogP contribution in [0.25, 0.3) is 0 Å². The van der Waals surface area contributed by atoms with Gasteiger partial charge in [-0.05, 0) is 61.0 Å². The Kier molecular flexibility index (Phi) is 6.59. The number of hydrogen-bond donors (Lipinski definition) is 1. The van der Waals surface area contributed by atoms with E-state index in [1.165, 1.54) is 0 Å². The van der Waals surface area contributed by atoms with Gasteiger partial charge < -0.3 is 10.1 Å². The summed E-state index contributed by atoms with van der Waals surface area (Å²) in [6, 6.07) is 4.89. The van der Waals surface area contributed by atoms with Gasteiger partial charge in [-0.2, -0.15) is 0 Å². The first-order valence-corrected chi connectivity index (χ1v) is 12.2. The third-order valence-corrected chi connectivity index (χ3v) is 7.72. The van der Waals surface area contributed by atoms with Crippen LogP contribution in [0.5, 0.6) is 0 Å². The highest BCUT2D eigenvalue weighted by Crippen LogP contribution is 2.56. The normalized spacial score (nSPS) is 26.6. The molecule has 7 nitrogen and oxygen atoms in total. The van der Waals surface area contributed by atoms with E-state index in [4.69, 9.17) is 4.74 Å². The molecule has 2 saturated carbocycles. The SMILES string of the molecule is CCc1cccc(CC)c1NC(=O)COC(=O)[C@H](C(C)C)N1C(=O)[C@@H]2[C@H]3CC[C@@H](C3)[C@H]2C1=O. The van der Waals surface area contributed by atoms with Crippen molar-refractivity contribution in [2.45, 2.75) is 65.8 Å². The fourth-order valence-electron chi connectivity index (χ4n) is 6.18. The summed E-state index contributed by atoms with van der Waals surface area (Å²) in [5.41, 5.74) is 2.80. The molecule has 5 atom stereocenters. The molecular formula is C26H34N2O5. The van der Waals surface area contributed by atoms with E-state index in [0.717, 1.165) is 53.8 Å². The van der Waals surface area contributed by atoms with E-state index < -0.39 is 24.5 Å². The van der Waals surface area contributed by atoms with Crippen LogP contribution < -0.4 is 5.32 Å². The number of nitrogens with zero attached hydrogens (tertiary/aromatic N) is 1. The zero-order chi connectivity index (χ0) is 23.9. The van der Waals surface area contributed by atoms with Crippen molar-refractivity contribution in [1.82, 2.24) is 4.90 Å². The van der Waals surface area contributed by atoms with Gasteiger partial charge in [0.1, 0.15) is 6.04 Å². The summed E-state index contributed by atoms with van der Waals surface area (Å²) in [6.45, 7) is 7.16. The van der Waals surface area contributed by atoms with E-state index in [1.807, 2.05) is 32.0 Å². The smallest absolute Gasteiger partial charge is 0.330 e. The Morgan fingerprint density at radius 1 is 1.03 bits per heavy atom. The number of esters is 1. The summed E-state index contributed by atoms with van der Waals surface area (Å²) < 4.78 is 5.35. The topological polar surface area (TPSA) is 92.8 Å². The molecule has 0 spiro atoms. The first-order chi connectivity index (χ1) is 15.8. The number of fused-ring (bicyclic) bond motifs is 5. The molecule has 2 aliphatic carbocycles. The first-order valence-electron chi connectivity index (χ1n) is 12.2. The maximum absolute atomic E-state index is 13.2. The second-order valence-electron chi connectivity index (χ2n) is 9.93. The lowest BCUT2D eigenvalue weighted by molar-refractivity contribution is -0.162. The Balaban J connectivity index is 1.43. The zero-order valence-corrected chi connectivity index (χ0v) is 19.9. The van der Waals surface area contributed by atoms with Crippen LogP contribution >= 0.6 is 0 Å². The van der Waals surface area contributed by atoms with Crippen molar-refractivity contribution in [3.8, 4) is 0 Å². The summed E-state index contributed by atoms with van der Waals surface area (Å²) >= 11 is 0. The summed E-state index contributed by atoms with van der Waals surface area (Å²) in [6.07, 6.45) is 4.43. The van der Waals surface area contributed by atoms with Gasteiger partial charge in [-0.3, -0.25) is 19.3 Å². The molecule has 0 radical (unpaired) electrons. The average molecular weight is 455 g/mol. The van der Waals surface area contributed by atoms with E-state index in [1.54, 1.807) is 13.8 Å². The highest BCUT2D eigenvalue weighted by atomic mass is 16.5. The summed E-state index contributed by atoms with van der Waals surface area (Å²) in [4.78, 5) is 53.1. The molecule has 1 aromatic rings.